The fraction of sp³-hybridized carbons (Fsp3) is 0.500. The zero-order valence-electron chi connectivity index (χ0n) is 9.59. The lowest BCUT2D eigenvalue weighted by atomic mass is 9.95. The van der Waals surface area contributed by atoms with E-state index >= 15 is 0 Å². The predicted molar refractivity (Wildman–Crippen MR) is 59.2 cm³/mol. The van der Waals surface area contributed by atoms with Gasteiger partial charge in [0.2, 0.25) is 0 Å². The first-order valence-corrected chi connectivity index (χ1v) is 5.27. The molecule has 0 bridgehead atoms. The van der Waals surface area contributed by atoms with Crippen LogP contribution < -0.4 is 5.73 Å². The minimum Gasteiger partial charge on any atom is -0.380 e. The highest BCUT2D eigenvalue weighted by Crippen LogP contribution is 2.25. The number of nitrogens with two attached hydrogens (primary N) is 1. The quantitative estimate of drug-likeness (QED) is 0.842. The van der Waals surface area contributed by atoms with E-state index in [-0.39, 0.29) is 18.1 Å². The van der Waals surface area contributed by atoms with Crippen molar-refractivity contribution in [2.24, 2.45) is 5.73 Å². The first-order chi connectivity index (χ1) is 7.61. The number of benzene rings is 1. The summed E-state index contributed by atoms with van der Waals surface area (Å²) >= 11 is 0. The molecule has 16 heavy (non-hydrogen) atoms. The van der Waals surface area contributed by atoms with Crippen molar-refractivity contribution < 1.29 is 13.5 Å². The molecule has 4 heteroatoms. The molecule has 0 radical (unpaired) electrons. The molecule has 1 rings (SSSR count). The molecular formula is C12H17F2NO. The molecule has 0 amide bonds. The van der Waals surface area contributed by atoms with Crippen molar-refractivity contribution in [1.29, 1.82) is 0 Å². The zero-order valence-corrected chi connectivity index (χ0v) is 9.59. The molecule has 2 N–H and O–H groups in total. The lowest BCUT2D eigenvalue weighted by molar-refractivity contribution is 0.177. The van der Waals surface area contributed by atoms with Crippen LogP contribution in [-0.4, -0.2) is 13.7 Å². The summed E-state index contributed by atoms with van der Waals surface area (Å²) in [6.07, 6.45) is 0.676. The number of halogens is 2. The maximum absolute atomic E-state index is 13.9. The lowest BCUT2D eigenvalue weighted by Gasteiger charge is -2.14. The van der Waals surface area contributed by atoms with Crippen molar-refractivity contribution >= 4 is 0 Å². The standard InChI is InChI=1S/C12H17F2NO/c1-8(5-6-15)9-3-4-11(13)10(7-16-2)12(9)14/h3-4,8H,5-7,15H2,1-2H3. The number of methoxy groups -OCH3 is 1. The molecule has 0 aromatic heterocycles. The summed E-state index contributed by atoms with van der Waals surface area (Å²) in [6.45, 7) is 2.30. The molecule has 0 aliphatic rings. The van der Waals surface area contributed by atoms with Crippen molar-refractivity contribution in [3.05, 3.63) is 34.9 Å². The van der Waals surface area contributed by atoms with E-state index in [9.17, 15) is 8.78 Å². The van der Waals surface area contributed by atoms with Crippen molar-refractivity contribution in [1.82, 2.24) is 0 Å². The average Bonchev–Trinajstić information content (AvgIpc) is 2.24. The van der Waals surface area contributed by atoms with Gasteiger partial charge in [0.05, 0.1) is 6.61 Å². The summed E-state index contributed by atoms with van der Waals surface area (Å²) in [6, 6.07) is 2.75. The van der Waals surface area contributed by atoms with Crippen LogP contribution in [0.3, 0.4) is 0 Å². The Balaban J connectivity index is 3.07. The van der Waals surface area contributed by atoms with Gasteiger partial charge in [-0.05, 0) is 30.5 Å². The van der Waals surface area contributed by atoms with Crippen molar-refractivity contribution in [3.63, 3.8) is 0 Å². The molecule has 90 valence electrons. The smallest absolute Gasteiger partial charge is 0.135 e. The first kappa shape index (κ1) is 13.1. The fourth-order valence-corrected chi connectivity index (χ4v) is 1.68. The lowest BCUT2D eigenvalue weighted by Crippen LogP contribution is -2.09. The Morgan fingerprint density at radius 1 is 1.38 bits per heavy atom. The molecule has 0 saturated heterocycles. The second-order valence-corrected chi connectivity index (χ2v) is 3.84. The normalized spacial score (nSPS) is 12.8. The van der Waals surface area contributed by atoms with Gasteiger partial charge in [0.25, 0.3) is 0 Å². The summed E-state index contributed by atoms with van der Waals surface area (Å²) < 4.78 is 32.0. The van der Waals surface area contributed by atoms with E-state index in [1.54, 1.807) is 0 Å². The Kier molecular flexibility index (Phi) is 4.83. The summed E-state index contributed by atoms with van der Waals surface area (Å²) in [5.74, 6) is -1.09. The highest BCUT2D eigenvalue weighted by Gasteiger charge is 2.17. The summed E-state index contributed by atoms with van der Waals surface area (Å²) in [4.78, 5) is 0. The third-order valence-corrected chi connectivity index (χ3v) is 2.64. The van der Waals surface area contributed by atoms with Crippen LogP contribution in [0.2, 0.25) is 0 Å². The molecular weight excluding hydrogens is 212 g/mol. The SMILES string of the molecule is COCc1c(F)ccc(C(C)CCN)c1F. The third-order valence-electron chi connectivity index (χ3n) is 2.64. The summed E-state index contributed by atoms with van der Waals surface area (Å²) in [5, 5.41) is 0. The molecule has 1 aromatic carbocycles. The summed E-state index contributed by atoms with van der Waals surface area (Å²) in [5.41, 5.74) is 5.91. The van der Waals surface area contributed by atoms with E-state index in [4.69, 9.17) is 10.5 Å². The molecule has 0 aliphatic carbocycles. The van der Waals surface area contributed by atoms with Gasteiger partial charge < -0.3 is 10.5 Å². The van der Waals surface area contributed by atoms with Crippen molar-refractivity contribution in [2.45, 2.75) is 25.9 Å². The third kappa shape index (κ3) is 2.77. The van der Waals surface area contributed by atoms with E-state index in [2.05, 4.69) is 0 Å². The van der Waals surface area contributed by atoms with Gasteiger partial charge in [-0.25, -0.2) is 8.78 Å². The van der Waals surface area contributed by atoms with E-state index in [0.717, 1.165) is 0 Å². The van der Waals surface area contributed by atoms with Crippen molar-refractivity contribution in [2.75, 3.05) is 13.7 Å². The van der Waals surface area contributed by atoms with Crippen LogP contribution in [0, 0.1) is 11.6 Å². The zero-order chi connectivity index (χ0) is 12.1. The van der Waals surface area contributed by atoms with Crippen LogP contribution in [0.5, 0.6) is 0 Å². The van der Waals surface area contributed by atoms with Crippen LogP contribution in [-0.2, 0) is 11.3 Å². The molecule has 2 nitrogen and oxygen atoms in total. The van der Waals surface area contributed by atoms with Gasteiger partial charge in [-0.2, -0.15) is 0 Å². The van der Waals surface area contributed by atoms with Crippen LogP contribution in [0.15, 0.2) is 12.1 Å². The van der Waals surface area contributed by atoms with E-state index in [0.29, 0.717) is 18.5 Å². The van der Waals surface area contributed by atoms with Crippen LogP contribution in [0.4, 0.5) is 8.78 Å². The minimum absolute atomic E-state index is 0.0103. The van der Waals surface area contributed by atoms with Gasteiger partial charge >= 0.3 is 0 Å². The van der Waals surface area contributed by atoms with Gasteiger partial charge in [0.1, 0.15) is 11.6 Å². The Morgan fingerprint density at radius 3 is 2.62 bits per heavy atom. The Labute approximate surface area is 94.4 Å². The maximum Gasteiger partial charge on any atom is 0.135 e. The van der Waals surface area contributed by atoms with Crippen LogP contribution in [0.25, 0.3) is 0 Å². The number of ether oxygens (including phenoxy) is 1. The summed E-state index contributed by atoms with van der Waals surface area (Å²) in [7, 11) is 1.41. The molecule has 0 fully saturated rings. The number of hydrogen-bond donors (Lipinski definition) is 1. The molecule has 1 aromatic rings. The molecule has 1 unspecified atom stereocenters. The Bertz CT molecular complexity index is 355. The second-order valence-electron chi connectivity index (χ2n) is 3.84. The van der Waals surface area contributed by atoms with Gasteiger partial charge in [0.15, 0.2) is 0 Å². The Hall–Kier alpha value is -1.00. The monoisotopic (exact) mass is 229 g/mol. The predicted octanol–water partition coefficient (Wildman–Crippen LogP) is 2.56. The fourth-order valence-electron chi connectivity index (χ4n) is 1.68. The number of hydrogen-bond acceptors (Lipinski definition) is 2. The highest BCUT2D eigenvalue weighted by atomic mass is 19.1. The highest BCUT2D eigenvalue weighted by molar-refractivity contribution is 5.29. The minimum atomic E-state index is -0.567. The molecule has 0 spiro atoms. The maximum atomic E-state index is 13.9. The van der Waals surface area contributed by atoms with E-state index < -0.39 is 11.6 Å². The molecule has 0 aliphatic heterocycles. The van der Waals surface area contributed by atoms with Gasteiger partial charge in [0, 0.05) is 12.7 Å². The van der Waals surface area contributed by atoms with Gasteiger partial charge in [-0.3, -0.25) is 0 Å². The molecule has 0 heterocycles. The first-order valence-electron chi connectivity index (χ1n) is 5.27. The van der Waals surface area contributed by atoms with Crippen LogP contribution in [0.1, 0.15) is 30.4 Å². The Morgan fingerprint density at radius 2 is 2.06 bits per heavy atom. The van der Waals surface area contributed by atoms with Crippen molar-refractivity contribution in [3.8, 4) is 0 Å². The number of rotatable bonds is 5. The van der Waals surface area contributed by atoms with Crippen LogP contribution >= 0.6 is 0 Å². The molecule has 1 atom stereocenters. The second kappa shape index (κ2) is 5.92. The average molecular weight is 229 g/mol. The largest absolute Gasteiger partial charge is 0.380 e. The van der Waals surface area contributed by atoms with Gasteiger partial charge in [-0.15, -0.1) is 0 Å². The molecule has 0 saturated carbocycles. The topological polar surface area (TPSA) is 35.2 Å². The van der Waals surface area contributed by atoms with Gasteiger partial charge in [-0.1, -0.05) is 13.0 Å². The van der Waals surface area contributed by atoms with E-state index in [1.807, 2.05) is 6.92 Å². The van der Waals surface area contributed by atoms with E-state index in [1.165, 1.54) is 19.2 Å².